The Labute approximate surface area is 125 Å². The summed E-state index contributed by atoms with van der Waals surface area (Å²) in [4.78, 5) is 0.279. The predicted molar refractivity (Wildman–Crippen MR) is 79.1 cm³/mol. The van der Waals surface area contributed by atoms with Crippen LogP contribution in [0.5, 0.6) is 0 Å². The molecule has 1 heterocycles. The molecule has 1 saturated heterocycles. The van der Waals surface area contributed by atoms with Crippen LogP contribution in [0.2, 0.25) is 5.02 Å². The molecular formula is C14H19ClN2O2S. The second-order valence-corrected chi connectivity index (χ2v) is 8.24. The molecule has 6 heteroatoms. The van der Waals surface area contributed by atoms with E-state index in [1.54, 1.807) is 22.5 Å². The first-order chi connectivity index (χ1) is 9.39. The lowest BCUT2D eigenvalue weighted by Crippen LogP contribution is -2.33. The summed E-state index contributed by atoms with van der Waals surface area (Å²) in [5, 5.41) is 0.488. The Bertz CT molecular complexity index is 632. The summed E-state index contributed by atoms with van der Waals surface area (Å²) in [6.07, 6.45) is 2.05. The zero-order chi connectivity index (χ0) is 14.5. The van der Waals surface area contributed by atoms with E-state index in [4.69, 9.17) is 17.3 Å². The SMILES string of the molecule is Cc1ccc(S(=O)(=O)N2CC3CCC(N)C3C2)cc1Cl. The molecule has 0 aromatic heterocycles. The number of aryl methyl sites for hydroxylation is 1. The van der Waals surface area contributed by atoms with Crippen molar-refractivity contribution in [1.29, 1.82) is 0 Å². The largest absolute Gasteiger partial charge is 0.327 e. The number of fused-ring (bicyclic) bond motifs is 1. The highest BCUT2D eigenvalue weighted by Crippen LogP contribution is 2.39. The molecule has 20 heavy (non-hydrogen) atoms. The molecule has 0 amide bonds. The highest BCUT2D eigenvalue weighted by atomic mass is 35.5. The predicted octanol–water partition coefficient (Wildman–Crippen LogP) is 2.01. The maximum absolute atomic E-state index is 12.7. The Balaban J connectivity index is 1.88. The molecule has 0 radical (unpaired) electrons. The van der Waals surface area contributed by atoms with E-state index in [2.05, 4.69) is 0 Å². The summed E-state index contributed by atoms with van der Waals surface area (Å²) in [6, 6.07) is 5.06. The fourth-order valence-electron chi connectivity index (χ4n) is 3.35. The van der Waals surface area contributed by atoms with Gasteiger partial charge in [0, 0.05) is 24.2 Å². The number of nitrogens with zero attached hydrogens (tertiary/aromatic N) is 1. The average Bonchev–Trinajstić information content (AvgIpc) is 2.96. The molecule has 0 bridgehead atoms. The van der Waals surface area contributed by atoms with E-state index in [1.165, 1.54) is 0 Å². The minimum atomic E-state index is -3.45. The van der Waals surface area contributed by atoms with Crippen molar-refractivity contribution in [3.8, 4) is 0 Å². The fourth-order valence-corrected chi connectivity index (χ4v) is 5.15. The number of nitrogens with two attached hydrogens (primary N) is 1. The number of sulfonamides is 1. The van der Waals surface area contributed by atoms with Crippen molar-refractivity contribution >= 4 is 21.6 Å². The smallest absolute Gasteiger partial charge is 0.243 e. The number of benzene rings is 1. The van der Waals surface area contributed by atoms with Gasteiger partial charge in [-0.25, -0.2) is 8.42 Å². The number of hydrogen-bond acceptors (Lipinski definition) is 3. The minimum Gasteiger partial charge on any atom is -0.327 e. The zero-order valence-electron chi connectivity index (χ0n) is 11.4. The zero-order valence-corrected chi connectivity index (χ0v) is 13.0. The van der Waals surface area contributed by atoms with E-state index in [9.17, 15) is 8.42 Å². The van der Waals surface area contributed by atoms with Crippen LogP contribution in [0.25, 0.3) is 0 Å². The third kappa shape index (κ3) is 2.26. The molecule has 1 aromatic carbocycles. The maximum atomic E-state index is 12.7. The third-order valence-corrected chi connectivity index (χ3v) is 6.89. The molecule has 1 aromatic rings. The van der Waals surface area contributed by atoms with Gasteiger partial charge in [-0.15, -0.1) is 0 Å². The van der Waals surface area contributed by atoms with Crippen molar-refractivity contribution in [1.82, 2.24) is 4.31 Å². The normalized spacial score (nSPS) is 30.6. The van der Waals surface area contributed by atoms with Gasteiger partial charge >= 0.3 is 0 Å². The lowest BCUT2D eigenvalue weighted by molar-refractivity contribution is 0.427. The van der Waals surface area contributed by atoms with Gasteiger partial charge in [-0.2, -0.15) is 4.31 Å². The second-order valence-electron chi connectivity index (χ2n) is 5.90. The van der Waals surface area contributed by atoms with Crippen molar-refractivity contribution in [3.63, 3.8) is 0 Å². The molecule has 2 aliphatic rings. The van der Waals surface area contributed by atoms with Gasteiger partial charge in [0.15, 0.2) is 0 Å². The molecule has 1 saturated carbocycles. The standard InChI is InChI=1S/C14H19ClN2O2S/c1-9-2-4-11(6-13(9)15)20(18,19)17-7-10-3-5-14(16)12(10)8-17/h2,4,6,10,12,14H,3,5,7-8,16H2,1H3. The molecule has 1 aliphatic carbocycles. The second kappa shape index (κ2) is 4.98. The highest BCUT2D eigenvalue weighted by Gasteiger charge is 2.45. The molecule has 1 aliphatic heterocycles. The van der Waals surface area contributed by atoms with Gasteiger partial charge in [-0.1, -0.05) is 17.7 Å². The molecule has 2 N–H and O–H groups in total. The van der Waals surface area contributed by atoms with Crippen LogP contribution in [0.4, 0.5) is 0 Å². The third-order valence-electron chi connectivity index (χ3n) is 4.66. The first-order valence-corrected chi connectivity index (χ1v) is 8.73. The van der Waals surface area contributed by atoms with E-state index in [-0.39, 0.29) is 10.9 Å². The van der Waals surface area contributed by atoms with Crippen LogP contribution in [-0.4, -0.2) is 31.9 Å². The quantitative estimate of drug-likeness (QED) is 0.908. The topological polar surface area (TPSA) is 63.4 Å². The summed E-state index contributed by atoms with van der Waals surface area (Å²) in [6.45, 7) is 2.99. The Kier molecular flexibility index (Phi) is 3.57. The van der Waals surface area contributed by atoms with E-state index < -0.39 is 10.0 Å². The summed E-state index contributed by atoms with van der Waals surface area (Å²) >= 11 is 6.04. The monoisotopic (exact) mass is 314 g/mol. The van der Waals surface area contributed by atoms with Crippen LogP contribution in [0.1, 0.15) is 18.4 Å². The van der Waals surface area contributed by atoms with Gasteiger partial charge in [0.2, 0.25) is 10.0 Å². The van der Waals surface area contributed by atoms with Crippen LogP contribution in [0.3, 0.4) is 0 Å². The Hall–Kier alpha value is -0.620. The highest BCUT2D eigenvalue weighted by molar-refractivity contribution is 7.89. The first kappa shape index (κ1) is 14.3. The van der Waals surface area contributed by atoms with E-state index in [1.807, 2.05) is 6.92 Å². The summed E-state index contributed by atoms with van der Waals surface area (Å²) in [5.74, 6) is 0.728. The first-order valence-electron chi connectivity index (χ1n) is 6.91. The van der Waals surface area contributed by atoms with Gasteiger partial charge in [-0.3, -0.25) is 0 Å². The Morgan fingerprint density at radius 3 is 2.70 bits per heavy atom. The number of hydrogen-bond donors (Lipinski definition) is 1. The van der Waals surface area contributed by atoms with Crippen molar-refractivity contribution < 1.29 is 8.42 Å². The lowest BCUT2D eigenvalue weighted by atomic mass is 9.98. The molecule has 4 nitrogen and oxygen atoms in total. The summed E-state index contributed by atoms with van der Waals surface area (Å²) in [5.41, 5.74) is 6.95. The average molecular weight is 315 g/mol. The van der Waals surface area contributed by atoms with E-state index in [0.717, 1.165) is 18.4 Å². The summed E-state index contributed by atoms with van der Waals surface area (Å²) < 4.78 is 26.9. The molecule has 110 valence electrons. The van der Waals surface area contributed by atoms with Crippen molar-refractivity contribution in [2.75, 3.05) is 13.1 Å². The molecule has 3 unspecified atom stereocenters. The number of halogens is 1. The van der Waals surface area contributed by atoms with Crippen LogP contribution < -0.4 is 5.73 Å². The van der Waals surface area contributed by atoms with Gasteiger partial charge in [0.25, 0.3) is 0 Å². The van der Waals surface area contributed by atoms with Crippen LogP contribution in [0, 0.1) is 18.8 Å². The van der Waals surface area contributed by atoms with Gasteiger partial charge < -0.3 is 5.73 Å². The maximum Gasteiger partial charge on any atom is 0.243 e. The van der Waals surface area contributed by atoms with E-state index >= 15 is 0 Å². The van der Waals surface area contributed by atoms with Crippen LogP contribution >= 0.6 is 11.6 Å². The van der Waals surface area contributed by atoms with Gasteiger partial charge in [0.1, 0.15) is 0 Å². The molecule has 0 spiro atoms. The Morgan fingerprint density at radius 2 is 2.05 bits per heavy atom. The molecule has 3 atom stereocenters. The van der Waals surface area contributed by atoms with E-state index in [0.29, 0.717) is 29.9 Å². The molecule has 3 rings (SSSR count). The lowest BCUT2D eigenvalue weighted by Gasteiger charge is -2.19. The van der Waals surface area contributed by atoms with Gasteiger partial charge in [-0.05, 0) is 49.3 Å². The Morgan fingerprint density at radius 1 is 1.30 bits per heavy atom. The van der Waals surface area contributed by atoms with Gasteiger partial charge in [0.05, 0.1) is 4.90 Å². The minimum absolute atomic E-state index is 0.141. The van der Waals surface area contributed by atoms with Crippen molar-refractivity contribution in [2.45, 2.75) is 30.7 Å². The van der Waals surface area contributed by atoms with Crippen molar-refractivity contribution in [3.05, 3.63) is 28.8 Å². The molecule has 2 fully saturated rings. The summed E-state index contributed by atoms with van der Waals surface area (Å²) in [7, 11) is -3.45. The fraction of sp³-hybridized carbons (Fsp3) is 0.571. The van der Waals surface area contributed by atoms with Crippen molar-refractivity contribution in [2.24, 2.45) is 17.6 Å². The van der Waals surface area contributed by atoms with Crippen LogP contribution in [-0.2, 0) is 10.0 Å². The number of rotatable bonds is 2. The molecular weight excluding hydrogens is 296 g/mol. The van der Waals surface area contributed by atoms with Crippen LogP contribution in [0.15, 0.2) is 23.1 Å².